The van der Waals surface area contributed by atoms with E-state index >= 15 is 0 Å². The maximum absolute atomic E-state index is 13.0. The lowest BCUT2D eigenvalue weighted by Gasteiger charge is -2.35. The Morgan fingerprint density at radius 3 is 3.08 bits per heavy atom. The number of nitrogens with zero attached hydrogens (tertiary/aromatic N) is 4. The molecule has 0 spiro atoms. The fraction of sp³-hybridized carbons (Fsp3) is 0.353. The number of imidazole rings is 1. The molecule has 7 nitrogen and oxygen atoms in total. The SMILES string of the molecule is Cc1nc2ccccc2n1CC(=O)N1CCOC[C@@H]1c1ccn[nH]1. The van der Waals surface area contributed by atoms with Crippen LogP contribution < -0.4 is 0 Å². The third-order valence-corrected chi connectivity index (χ3v) is 4.47. The molecule has 24 heavy (non-hydrogen) atoms. The molecule has 1 atom stereocenters. The zero-order valence-electron chi connectivity index (χ0n) is 13.5. The van der Waals surface area contributed by atoms with Gasteiger partial charge in [0.25, 0.3) is 0 Å². The maximum atomic E-state index is 13.0. The van der Waals surface area contributed by atoms with Crippen molar-refractivity contribution in [2.45, 2.75) is 19.5 Å². The standard InChI is InChI=1S/C17H19N5O2/c1-12-19-13-4-2-3-5-15(13)22(12)10-17(23)21-8-9-24-11-16(21)14-6-7-18-20-14/h2-7,16H,8-11H2,1H3,(H,18,20)/t16-/m1/s1. The molecule has 1 aliphatic heterocycles. The smallest absolute Gasteiger partial charge is 0.243 e. The third kappa shape index (κ3) is 2.56. The van der Waals surface area contributed by atoms with E-state index in [1.807, 2.05) is 46.7 Å². The number of morpholine rings is 1. The van der Waals surface area contributed by atoms with Gasteiger partial charge in [-0.2, -0.15) is 5.10 Å². The van der Waals surface area contributed by atoms with Crippen molar-refractivity contribution in [1.82, 2.24) is 24.6 Å². The van der Waals surface area contributed by atoms with Gasteiger partial charge in [0.05, 0.1) is 36.0 Å². The highest BCUT2D eigenvalue weighted by molar-refractivity contribution is 5.81. The van der Waals surface area contributed by atoms with Gasteiger partial charge >= 0.3 is 0 Å². The Balaban J connectivity index is 1.61. The molecule has 124 valence electrons. The predicted molar refractivity (Wildman–Crippen MR) is 88.3 cm³/mol. The lowest BCUT2D eigenvalue weighted by atomic mass is 10.1. The van der Waals surface area contributed by atoms with Crippen molar-refractivity contribution in [1.29, 1.82) is 0 Å². The van der Waals surface area contributed by atoms with E-state index in [-0.39, 0.29) is 18.5 Å². The summed E-state index contributed by atoms with van der Waals surface area (Å²) in [7, 11) is 0. The number of nitrogens with one attached hydrogen (secondary N) is 1. The first kappa shape index (κ1) is 14.9. The highest BCUT2D eigenvalue weighted by Gasteiger charge is 2.30. The Labute approximate surface area is 139 Å². The second kappa shape index (κ2) is 6.09. The van der Waals surface area contributed by atoms with E-state index in [0.29, 0.717) is 19.8 Å². The number of carbonyl (C=O) groups is 1. The quantitative estimate of drug-likeness (QED) is 0.795. The molecule has 1 N–H and O–H groups in total. The first-order valence-corrected chi connectivity index (χ1v) is 8.02. The van der Waals surface area contributed by atoms with Crippen molar-refractivity contribution in [3.05, 3.63) is 48.0 Å². The van der Waals surface area contributed by atoms with E-state index in [1.54, 1.807) is 6.20 Å². The summed E-state index contributed by atoms with van der Waals surface area (Å²) >= 11 is 0. The van der Waals surface area contributed by atoms with E-state index < -0.39 is 0 Å². The molecule has 4 rings (SSSR count). The van der Waals surface area contributed by atoms with Crippen molar-refractivity contribution in [2.75, 3.05) is 19.8 Å². The van der Waals surface area contributed by atoms with E-state index in [0.717, 1.165) is 22.6 Å². The lowest BCUT2D eigenvalue weighted by molar-refractivity contribution is -0.141. The van der Waals surface area contributed by atoms with Crippen LogP contribution in [0.3, 0.4) is 0 Å². The largest absolute Gasteiger partial charge is 0.377 e. The minimum atomic E-state index is -0.121. The fourth-order valence-electron chi connectivity index (χ4n) is 3.23. The number of fused-ring (bicyclic) bond motifs is 1. The Morgan fingerprint density at radius 2 is 2.25 bits per heavy atom. The van der Waals surface area contributed by atoms with E-state index in [9.17, 15) is 4.79 Å². The van der Waals surface area contributed by atoms with Crippen LogP contribution in [0.5, 0.6) is 0 Å². The molecule has 1 aliphatic rings. The van der Waals surface area contributed by atoms with Gasteiger partial charge < -0.3 is 14.2 Å². The number of hydrogen-bond acceptors (Lipinski definition) is 4. The molecule has 2 aromatic heterocycles. The average Bonchev–Trinajstić information content (AvgIpc) is 3.24. The molecule has 0 bridgehead atoms. The number of benzene rings is 1. The van der Waals surface area contributed by atoms with Crippen LogP contribution in [0.25, 0.3) is 11.0 Å². The summed E-state index contributed by atoms with van der Waals surface area (Å²) in [6.07, 6.45) is 1.69. The second-order valence-corrected chi connectivity index (χ2v) is 5.92. The van der Waals surface area contributed by atoms with Crippen molar-refractivity contribution >= 4 is 16.9 Å². The highest BCUT2D eigenvalue weighted by Crippen LogP contribution is 2.23. The molecular weight excluding hydrogens is 306 g/mol. The molecule has 1 saturated heterocycles. The van der Waals surface area contributed by atoms with Crippen molar-refractivity contribution < 1.29 is 9.53 Å². The zero-order chi connectivity index (χ0) is 16.5. The van der Waals surface area contributed by atoms with Gasteiger partial charge in [0, 0.05) is 12.7 Å². The molecule has 3 heterocycles. The number of ether oxygens (including phenoxy) is 1. The third-order valence-electron chi connectivity index (χ3n) is 4.47. The minimum Gasteiger partial charge on any atom is -0.377 e. The van der Waals surface area contributed by atoms with Gasteiger partial charge in [-0.1, -0.05) is 12.1 Å². The van der Waals surface area contributed by atoms with Crippen LogP contribution >= 0.6 is 0 Å². The number of para-hydroxylation sites is 2. The highest BCUT2D eigenvalue weighted by atomic mass is 16.5. The summed E-state index contributed by atoms with van der Waals surface area (Å²) in [5.74, 6) is 0.903. The van der Waals surface area contributed by atoms with Crippen LogP contribution in [-0.4, -0.2) is 50.3 Å². The maximum Gasteiger partial charge on any atom is 0.243 e. The van der Waals surface area contributed by atoms with Crippen molar-refractivity contribution in [2.24, 2.45) is 0 Å². The molecule has 3 aromatic rings. The summed E-state index contributed by atoms with van der Waals surface area (Å²) in [5.41, 5.74) is 2.79. The molecule has 1 amide bonds. The van der Waals surface area contributed by atoms with Gasteiger partial charge in [0.15, 0.2) is 0 Å². The molecule has 1 fully saturated rings. The van der Waals surface area contributed by atoms with Gasteiger partial charge in [0.2, 0.25) is 5.91 Å². The van der Waals surface area contributed by atoms with Crippen LogP contribution in [0.1, 0.15) is 17.6 Å². The number of rotatable bonds is 3. The zero-order valence-corrected chi connectivity index (χ0v) is 13.5. The summed E-state index contributed by atoms with van der Waals surface area (Å²) in [4.78, 5) is 19.4. The van der Waals surface area contributed by atoms with Crippen LogP contribution in [-0.2, 0) is 16.1 Å². The molecular formula is C17H19N5O2. The van der Waals surface area contributed by atoms with Crippen molar-refractivity contribution in [3.8, 4) is 0 Å². The molecule has 0 radical (unpaired) electrons. The minimum absolute atomic E-state index is 0.0594. The predicted octanol–water partition coefficient (Wildman–Crippen LogP) is 1.67. The normalized spacial score (nSPS) is 18.2. The van der Waals surface area contributed by atoms with Crippen LogP contribution in [0.15, 0.2) is 36.5 Å². The Kier molecular flexibility index (Phi) is 3.78. The molecule has 1 aromatic carbocycles. The second-order valence-electron chi connectivity index (χ2n) is 5.92. The average molecular weight is 325 g/mol. The van der Waals surface area contributed by atoms with Gasteiger partial charge in [0.1, 0.15) is 12.4 Å². The Hall–Kier alpha value is -2.67. The summed E-state index contributed by atoms with van der Waals surface area (Å²) in [6, 6.07) is 9.64. The fourth-order valence-corrected chi connectivity index (χ4v) is 3.23. The number of aromatic nitrogens is 4. The van der Waals surface area contributed by atoms with E-state index in [2.05, 4.69) is 15.2 Å². The molecule has 0 unspecified atom stereocenters. The van der Waals surface area contributed by atoms with Gasteiger partial charge in [-0.05, 0) is 25.1 Å². The van der Waals surface area contributed by atoms with Gasteiger partial charge in [-0.15, -0.1) is 0 Å². The lowest BCUT2D eigenvalue weighted by Crippen LogP contribution is -2.45. The van der Waals surface area contributed by atoms with Crippen LogP contribution in [0.2, 0.25) is 0 Å². The number of amides is 1. The van der Waals surface area contributed by atoms with Gasteiger partial charge in [-0.3, -0.25) is 9.89 Å². The molecule has 0 aliphatic carbocycles. The summed E-state index contributed by atoms with van der Waals surface area (Å²) in [5, 5.41) is 6.94. The monoisotopic (exact) mass is 325 g/mol. The Morgan fingerprint density at radius 1 is 1.38 bits per heavy atom. The number of aryl methyl sites for hydroxylation is 1. The number of H-pyrrole nitrogens is 1. The van der Waals surface area contributed by atoms with Crippen LogP contribution in [0.4, 0.5) is 0 Å². The van der Waals surface area contributed by atoms with Crippen molar-refractivity contribution in [3.63, 3.8) is 0 Å². The molecule has 7 heteroatoms. The van der Waals surface area contributed by atoms with Gasteiger partial charge in [-0.25, -0.2) is 4.98 Å². The Bertz CT molecular complexity index is 855. The number of carbonyl (C=O) groups excluding carboxylic acids is 1. The summed E-state index contributed by atoms with van der Waals surface area (Å²) < 4.78 is 7.52. The van der Waals surface area contributed by atoms with E-state index in [1.165, 1.54) is 0 Å². The first-order chi connectivity index (χ1) is 11.7. The summed E-state index contributed by atoms with van der Waals surface area (Å²) in [6.45, 7) is 3.82. The number of hydrogen-bond donors (Lipinski definition) is 1. The number of aromatic amines is 1. The molecule has 0 saturated carbocycles. The topological polar surface area (TPSA) is 76.0 Å². The first-order valence-electron chi connectivity index (χ1n) is 8.02. The van der Waals surface area contributed by atoms with E-state index in [4.69, 9.17) is 4.74 Å². The van der Waals surface area contributed by atoms with Crippen LogP contribution in [0, 0.1) is 6.92 Å².